The minimum absolute atomic E-state index is 0.0183. The van der Waals surface area contributed by atoms with E-state index in [2.05, 4.69) is 5.27 Å². The molecule has 0 saturated heterocycles. The van der Waals surface area contributed by atoms with Crippen molar-refractivity contribution >= 4 is 0 Å². The van der Waals surface area contributed by atoms with E-state index in [1.807, 2.05) is 55.5 Å². The predicted octanol–water partition coefficient (Wildman–Crippen LogP) is 1.98. The van der Waals surface area contributed by atoms with Gasteiger partial charge in [-0.3, -0.25) is 5.41 Å². The van der Waals surface area contributed by atoms with E-state index in [1.165, 1.54) is 0 Å². The molecule has 1 N–H and O–H groups in total. The van der Waals surface area contributed by atoms with Crippen LogP contribution >= 0.6 is 0 Å². The van der Waals surface area contributed by atoms with Crippen molar-refractivity contribution in [1.29, 1.82) is 5.41 Å². The van der Waals surface area contributed by atoms with Gasteiger partial charge in [-0.2, -0.15) is 4.68 Å². The normalized spacial score (nSPS) is 10.6. The molecule has 3 rings (SSSR count). The lowest BCUT2D eigenvalue weighted by molar-refractivity contribution is -0.666. The maximum Gasteiger partial charge on any atom is 0.274 e. The highest BCUT2D eigenvalue weighted by Crippen LogP contribution is 2.19. The maximum absolute atomic E-state index is 7.97. The van der Waals surface area contributed by atoms with E-state index in [0.29, 0.717) is 11.4 Å². The van der Waals surface area contributed by atoms with Gasteiger partial charge in [-0.05, 0) is 25.1 Å². The molecule has 0 aliphatic heterocycles. The van der Waals surface area contributed by atoms with Crippen molar-refractivity contribution in [2.75, 3.05) is 7.11 Å². The maximum atomic E-state index is 7.97. The van der Waals surface area contributed by atoms with E-state index in [9.17, 15) is 0 Å². The fourth-order valence-corrected chi connectivity index (χ4v) is 2.20. The van der Waals surface area contributed by atoms with Crippen LogP contribution in [-0.2, 0) is 0 Å². The van der Waals surface area contributed by atoms with Crippen LogP contribution in [0.25, 0.3) is 16.9 Å². The molecule has 3 aromatic rings. The van der Waals surface area contributed by atoms with Gasteiger partial charge in [0.1, 0.15) is 0 Å². The van der Waals surface area contributed by atoms with Crippen LogP contribution < -0.4 is 20.2 Å². The third-order valence-corrected chi connectivity index (χ3v) is 3.28. The zero-order valence-electron chi connectivity index (χ0n) is 11.8. The Hall–Kier alpha value is -2.82. The average molecular weight is 281 g/mol. The van der Waals surface area contributed by atoms with E-state index in [1.54, 1.807) is 11.8 Å². The quantitative estimate of drug-likeness (QED) is 0.747. The Bertz CT molecular complexity index is 816. The molecule has 1 aromatic heterocycles. The van der Waals surface area contributed by atoms with E-state index in [0.717, 1.165) is 16.8 Å². The first-order valence-electron chi connectivity index (χ1n) is 6.55. The van der Waals surface area contributed by atoms with Gasteiger partial charge in [0.15, 0.2) is 5.75 Å². The molecule has 21 heavy (non-hydrogen) atoms. The van der Waals surface area contributed by atoms with Gasteiger partial charge in [0.2, 0.25) is 5.69 Å². The second-order valence-corrected chi connectivity index (χ2v) is 4.70. The Morgan fingerprint density at radius 3 is 2.52 bits per heavy atom. The number of ether oxygens (including phenoxy) is 1. The number of rotatable bonds is 3. The molecule has 0 radical (unpaired) electrons. The van der Waals surface area contributed by atoms with Crippen LogP contribution in [0.15, 0.2) is 53.1 Å². The highest BCUT2D eigenvalue weighted by molar-refractivity contribution is 5.56. The average Bonchev–Trinajstić information content (AvgIpc) is 2.90. The predicted molar refractivity (Wildman–Crippen MR) is 76.1 cm³/mol. The van der Waals surface area contributed by atoms with Crippen LogP contribution in [0.1, 0.15) is 5.56 Å². The minimum Gasteiger partial charge on any atom is -0.490 e. The summed E-state index contributed by atoms with van der Waals surface area (Å²) in [6, 6.07) is 15.4. The summed E-state index contributed by atoms with van der Waals surface area (Å²) >= 11 is 0. The van der Waals surface area contributed by atoms with E-state index in [4.69, 9.17) is 14.7 Å². The van der Waals surface area contributed by atoms with Crippen molar-refractivity contribution in [1.82, 2.24) is 5.27 Å². The van der Waals surface area contributed by atoms with Gasteiger partial charge in [-0.15, -0.1) is 0 Å². The Morgan fingerprint density at radius 1 is 1.10 bits per heavy atom. The summed E-state index contributed by atoms with van der Waals surface area (Å²) in [6.07, 6.45) is 0. The number of nitrogens with one attached hydrogen (secondary N) is 1. The van der Waals surface area contributed by atoms with Gasteiger partial charge in [0, 0.05) is 6.07 Å². The molecule has 0 atom stereocenters. The molecule has 0 aliphatic rings. The van der Waals surface area contributed by atoms with Gasteiger partial charge in [0.25, 0.3) is 11.2 Å². The molecule has 0 spiro atoms. The molecule has 0 aliphatic carbocycles. The van der Waals surface area contributed by atoms with Crippen molar-refractivity contribution < 1.29 is 13.9 Å². The van der Waals surface area contributed by atoms with Crippen molar-refractivity contribution in [3.63, 3.8) is 0 Å². The van der Waals surface area contributed by atoms with Crippen LogP contribution in [0.2, 0.25) is 0 Å². The summed E-state index contributed by atoms with van der Waals surface area (Å²) in [5, 5.41) is 11.9. The number of hydrogen-bond donors (Lipinski definition) is 1. The van der Waals surface area contributed by atoms with Crippen molar-refractivity contribution in [2.45, 2.75) is 6.92 Å². The fourth-order valence-electron chi connectivity index (χ4n) is 2.20. The van der Waals surface area contributed by atoms with Gasteiger partial charge < -0.3 is 9.26 Å². The first-order chi connectivity index (χ1) is 10.2. The number of nitrogens with zero attached hydrogens (tertiary/aromatic N) is 2. The molecule has 5 heteroatoms. The topological polar surface area (TPSA) is 64.2 Å². The summed E-state index contributed by atoms with van der Waals surface area (Å²) in [6.45, 7) is 2.02. The lowest BCUT2D eigenvalue weighted by atomic mass is 10.1. The molecule has 106 valence electrons. The third kappa shape index (κ3) is 2.33. The van der Waals surface area contributed by atoms with Crippen molar-refractivity contribution in [3.8, 4) is 22.7 Å². The van der Waals surface area contributed by atoms with E-state index < -0.39 is 0 Å². The zero-order valence-corrected chi connectivity index (χ0v) is 11.8. The number of hydrogen-bond acceptors (Lipinski definition) is 3. The van der Waals surface area contributed by atoms with Crippen molar-refractivity contribution in [3.05, 3.63) is 59.6 Å². The largest absolute Gasteiger partial charge is 0.490 e. The molecule has 0 unspecified atom stereocenters. The molecule has 5 nitrogen and oxygen atoms in total. The molecule has 0 bridgehead atoms. The first-order valence-corrected chi connectivity index (χ1v) is 6.55. The van der Waals surface area contributed by atoms with Gasteiger partial charge in [-0.25, -0.2) is 5.27 Å². The number of benzene rings is 2. The first kappa shape index (κ1) is 13.2. The van der Waals surface area contributed by atoms with Crippen LogP contribution in [0.4, 0.5) is 0 Å². The highest BCUT2D eigenvalue weighted by atomic mass is 16.5. The summed E-state index contributed by atoms with van der Waals surface area (Å²) in [5.74, 6) is 0.671. The molecular formula is C16H15N3O2. The van der Waals surface area contributed by atoms with Crippen molar-refractivity contribution in [2.24, 2.45) is 0 Å². The molecule has 0 amide bonds. The second kappa shape index (κ2) is 5.28. The third-order valence-electron chi connectivity index (χ3n) is 3.28. The Kier molecular flexibility index (Phi) is 3.31. The minimum atomic E-state index is 0.0183. The number of methoxy groups -OCH3 is 1. The molecule has 0 fully saturated rings. The smallest absolute Gasteiger partial charge is 0.274 e. The second-order valence-electron chi connectivity index (χ2n) is 4.70. The lowest BCUT2D eigenvalue weighted by Crippen LogP contribution is -2.38. The standard InChI is InChI=1S/C16H15N3O2/c1-11-7-9-12(10-8-11)15-16(17)21-18-19(15)13-5-3-4-6-14(13)20-2/h3-10,17H,1-2H3. The van der Waals surface area contributed by atoms with Crippen LogP contribution in [0, 0.1) is 12.3 Å². The van der Waals surface area contributed by atoms with E-state index >= 15 is 0 Å². The lowest BCUT2D eigenvalue weighted by Gasteiger charge is -2.06. The number of para-hydroxylation sites is 2. The van der Waals surface area contributed by atoms with Gasteiger partial charge in [0.05, 0.1) is 12.7 Å². The summed E-state index contributed by atoms with van der Waals surface area (Å²) in [5.41, 5.74) is 3.38. The summed E-state index contributed by atoms with van der Waals surface area (Å²) in [4.78, 5) is 0. The SMILES string of the molecule is COc1ccccc1-[n+]1[n-]oc(=N)c1-c1ccc(C)cc1. The molecular weight excluding hydrogens is 266 g/mol. The highest BCUT2D eigenvalue weighted by Gasteiger charge is 2.20. The number of aryl methyl sites for hydroxylation is 1. The Labute approximate surface area is 121 Å². The monoisotopic (exact) mass is 281 g/mol. The molecule has 1 heterocycles. The zero-order chi connectivity index (χ0) is 14.8. The fraction of sp³-hybridized carbons (Fsp3) is 0.125. The molecule has 0 saturated carbocycles. The van der Waals surface area contributed by atoms with Gasteiger partial charge >= 0.3 is 0 Å². The Balaban J connectivity index is 2.22. The Morgan fingerprint density at radius 2 is 1.81 bits per heavy atom. The van der Waals surface area contributed by atoms with E-state index in [-0.39, 0.29) is 5.55 Å². The van der Waals surface area contributed by atoms with Crippen LogP contribution in [0.3, 0.4) is 0 Å². The van der Waals surface area contributed by atoms with Crippen LogP contribution in [0.5, 0.6) is 5.75 Å². The van der Waals surface area contributed by atoms with Crippen LogP contribution in [-0.4, -0.2) is 7.11 Å². The number of aromatic nitrogens is 2. The van der Waals surface area contributed by atoms with Gasteiger partial charge in [-0.1, -0.05) is 29.8 Å². The summed E-state index contributed by atoms with van der Waals surface area (Å²) < 4.78 is 12.0. The molecule has 2 aromatic carbocycles. The summed E-state index contributed by atoms with van der Waals surface area (Å²) in [7, 11) is 1.60.